The van der Waals surface area contributed by atoms with Gasteiger partial charge in [0.15, 0.2) is 0 Å². The quantitative estimate of drug-likeness (QED) is 0.379. The van der Waals surface area contributed by atoms with Crippen molar-refractivity contribution in [2.75, 3.05) is 25.0 Å². The van der Waals surface area contributed by atoms with Gasteiger partial charge in [-0.15, -0.1) is 23.2 Å². The highest BCUT2D eigenvalue weighted by Gasteiger charge is 2.04. The summed E-state index contributed by atoms with van der Waals surface area (Å²) in [5.74, 6) is 5.67. The molecule has 0 aliphatic rings. The third kappa shape index (κ3) is 5.26. The normalized spacial score (nSPS) is 13.5. The third-order valence-electron chi connectivity index (χ3n) is 0.890. The van der Waals surface area contributed by atoms with Gasteiger partial charge in [-0.3, -0.25) is 4.84 Å². The Morgan fingerprint density at radius 2 is 2.10 bits per heavy atom. The van der Waals surface area contributed by atoms with E-state index >= 15 is 0 Å². The predicted molar refractivity (Wildman–Crippen MR) is 41.3 cm³/mol. The van der Waals surface area contributed by atoms with E-state index in [9.17, 15) is 0 Å². The Balaban J connectivity index is 3.09. The molecule has 0 radical (unpaired) electrons. The van der Waals surface area contributed by atoms with Crippen molar-refractivity contribution in [3.8, 4) is 0 Å². The smallest absolute Gasteiger partial charge is 0.115 e. The second-order valence-electron chi connectivity index (χ2n) is 1.68. The molecule has 0 saturated carbocycles. The number of alkyl halides is 2. The summed E-state index contributed by atoms with van der Waals surface area (Å²) in [4.78, 5) is 4.45. The number of rotatable bonds is 6. The fourth-order valence-electron chi connectivity index (χ4n) is 0.390. The Kier molecular flexibility index (Phi) is 7.91. The molecule has 0 aromatic carbocycles. The van der Waals surface area contributed by atoms with Gasteiger partial charge in [-0.2, -0.15) is 0 Å². The Labute approximate surface area is 70.3 Å². The van der Waals surface area contributed by atoms with Gasteiger partial charge in [0, 0.05) is 5.88 Å². The molecule has 10 heavy (non-hydrogen) atoms. The molecule has 0 aliphatic heterocycles. The second kappa shape index (κ2) is 7.57. The van der Waals surface area contributed by atoms with Gasteiger partial charge < -0.3 is 4.74 Å². The van der Waals surface area contributed by atoms with Crippen LogP contribution in [0.25, 0.3) is 0 Å². The number of hydrogen-bond donors (Lipinski definition) is 1. The molecule has 0 aromatic heterocycles. The van der Waals surface area contributed by atoms with Gasteiger partial charge in [0.2, 0.25) is 0 Å². The van der Waals surface area contributed by atoms with Crippen LogP contribution in [0.2, 0.25) is 0 Å². The highest BCUT2D eigenvalue weighted by Crippen LogP contribution is 1.93. The van der Waals surface area contributed by atoms with Gasteiger partial charge in [0.1, 0.15) is 6.10 Å². The monoisotopic (exact) mass is 187 g/mol. The average molecular weight is 188 g/mol. The first-order valence-electron chi connectivity index (χ1n) is 2.90. The first kappa shape index (κ1) is 10.5. The minimum absolute atomic E-state index is 0.232. The first-order valence-corrected chi connectivity index (χ1v) is 3.97. The molecule has 0 fully saturated rings. The molecule has 0 aliphatic carbocycles. The maximum atomic E-state index is 5.43. The molecule has 0 amide bonds. The van der Waals surface area contributed by atoms with E-state index in [1.54, 1.807) is 0 Å². The molecule has 1 atom stereocenters. The summed E-state index contributed by atoms with van der Waals surface area (Å²) in [6.07, 6.45) is -0.232. The fourth-order valence-corrected chi connectivity index (χ4v) is 0.660. The molecule has 0 heterocycles. The number of halogens is 2. The maximum absolute atomic E-state index is 5.43. The van der Waals surface area contributed by atoms with Crippen molar-refractivity contribution in [1.29, 1.82) is 0 Å². The standard InChI is InChI=1S/C5H11Cl2NO2/c6-1-2-9-4-5(3-7)10-8/h5H,1-4,8H2. The van der Waals surface area contributed by atoms with Gasteiger partial charge in [-0.1, -0.05) is 0 Å². The van der Waals surface area contributed by atoms with Crippen molar-refractivity contribution in [2.24, 2.45) is 5.90 Å². The Morgan fingerprint density at radius 3 is 2.50 bits per heavy atom. The average Bonchev–Trinajstić information content (AvgIpc) is 1.99. The Bertz CT molecular complexity index is 70.7. The van der Waals surface area contributed by atoms with Crippen LogP contribution in [0.15, 0.2) is 0 Å². The zero-order valence-electron chi connectivity index (χ0n) is 5.56. The topological polar surface area (TPSA) is 44.5 Å². The third-order valence-corrected chi connectivity index (χ3v) is 1.39. The molecule has 2 N–H and O–H groups in total. The van der Waals surface area contributed by atoms with Crippen LogP contribution in [0.1, 0.15) is 0 Å². The van der Waals surface area contributed by atoms with Crippen LogP contribution in [-0.2, 0) is 9.57 Å². The van der Waals surface area contributed by atoms with E-state index in [-0.39, 0.29) is 6.10 Å². The van der Waals surface area contributed by atoms with Crippen molar-refractivity contribution in [2.45, 2.75) is 6.10 Å². The number of hydrogen-bond acceptors (Lipinski definition) is 3. The van der Waals surface area contributed by atoms with E-state index in [0.29, 0.717) is 25.0 Å². The summed E-state index contributed by atoms with van der Waals surface area (Å²) in [6, 6.07) is 0. The van der Waals surface area contributed by atoms with Crippen molar-refractivity contribution in [1.82, 2.24) is 0 Å². The molecule has 0 spiro atoms. The zero-order chi connectivity index (χ0) is 7.82. The number of nitrogens with two attached hydrogens (primary N) is 1. The van der Waals surface area contributed by atoms with Gasteiger partial charge in [-0.25, -0.2) is 5.90 Å². The lowest BCUT2D eigenvalue weighted by molar-refractivity contribution is -0.00179. The van der Waals surface area contributed by atoms with Crippen molar-refractivity contribution in [3.05, 3.63) is 0 Å². The Hall–Kier alpha value is 0.460. The van der Waals surface area contributed by atoms with E-state index in [1.165, 1.54) is 0 Å². The zero-order valence-corrected chi connectivity index (χ0v) is 7.07. The summed E-state index contributed by atoms with van der Waals surface area (Å²) in [5.41, 5.74) is 0. The van der Waals surface area contributed by atoms with Crippen LogP contribution in [0.3, 0.4) is 0 Å². The molecule has 3 nitrogen and oxygen atoms in total. The summed E-state index contributed by atoms with van der Waals surface area (Å²) in [7, 11) is 0. The van der Waals surface area contributed by atoms with Gasteiger partial charge in [-0.05, 0) is 0 Å². The molecular formula is C5H11Cl2NO2. The van der Waals surface area contributed by atoms with Gasteiger partial charge in [0.25, 0.3) is 0 Å². The van der Waals surface area contributed by atoms with Crippen molar-refractivity contribution in [3.63, 3.8) is 0 Å². The molecule has 5 heteroatoms. The van der Waals surface area contributed by atoms with Crippen LogP contribution in [0, 0.1) is 0 Å². The van der Waals surface area contributed by atoms with E-state index in [0.717, 1.165) is 0 Å². The summed E-state index contributed by atoms with van der Waals surface area (Å²) >= 11 is 10.8. The lowest BCUT2D eigenvalue weighted by Gasteiger charge is -2.09. The van der Waals surface area contributed by atoms with Crippen LogP contribution in [-0.4, -0.2) is 31.1 Å². The molecule has 1 unspecified atom stereocenters. The number of ether oxygens (including phenoxy) is 1. The summed E-state index contributed by atoms with van der Waals surface area (Å²) < 4.78 is 5.01. The lowest BCUT2D eigenvalue weighted by atomic mass is 10.4. The highest BCUT2D eigenvalue weighted by molar-refractivity contribution is 6.18. The summed E-state index contributed by atoms with van der Waals surface area (Å²) in [6.45, 7) is 0.894. The summed E-state index contributed by atoms with van der Waals surface area (Å²) in [5, 5.41) is 0. The predicted octanol–water partition coefficient (Wildman–Crippen LogP) is 0.739. The fraction of sp³-hybridized carbons (Fsp3) is 1.00. The molecule has 0 saturated heterocycles. The highest BCUT2D eigenvalue weighted by atomic mass is 35.5. The molecule has 0 bridgehead atoms. The van der Waals surface area contributed by atoms with Crippen LogP contribution < -0.4 is 5.90 Å². The molecule has 0 rings (SSSR count). The molecule has 62 valence electrons. The van der Waals surface area contributed by atoms with Crippen LogP contribution in [0.4, 0.5) is 0 Å². The minimum Gasteiger partial charge on any atom is -0.377 e. The minimum atomic E-state index is -0.232. The SMILES string of the molecule is NOC(CCl)COCCCl. The van der Waals surface area contributed by atoms with Crippen LogP contribution in [0.5, 0.6) is 0 Å². The van der Waals surface area contributed by atoms with E-state index in [2.05, 4.69) is 4.84 Å². The van der Waals surface area contributed by atoms with Crippen molar-refractivity contribution < 1.29 is 9.57 Å². The van der Waals surface area contributed by atoms with Crippen molar-refractivity contribution >= 4 is 23.2 Å². The van der Waals surface area contributed by atoms with E-state index in [1.807, 2.05) is 0 Å². The van der Waals surface area contributed by atoms with E-state index < -0.39 is 0 Å². The molecule has 0 aromatic rings. The van der Waals surface area contributed by atoms with Gasteiger partial charge >= 0.3 is 0 Å². The lowest BCUT2D eigenvalue weighted by Crippen LogP contribution is -2.25. The maximum Gasteiger partial charge on any atom is 0.115 e. The molecular weight excluding hydrogens is 177 g/mol. The first-order chi connectivity index (χ1) is 4.85. The van der Waals surface area contributed by atoms with Crippen LogP contribution >= 0.6 is 23.2 Å². The second-order valence-corrected chi connectivity index (χ2v) is 2.36. The largest absolute Gasteiger partial charge is 0.377 e. The Morgan fingerprint density at radius 1 is 1.40 bits per heavy atom. The van der Waals surface area contributed by atoms with Gasteiger partial charge in [0.05, 0.1) is 19.1 Å². The van der Waals surface area contributed by atoms with E-state index in [4.69, 9.17) is 33.8 Å².